The topological polar surface area (TPSA) is 49.4 Å². The molecule has 0 radical (unpaired) electrons. The molecule has 0 bridgehead atoms. The lowest BCUT2D eigenvalue weighted by atomic mass is 10.0. The summed E-state index contributed by atoms with van der Waals surface area (Å²) >= 11 is 13.8. The zero-order valence-corrected chi connectivity index (χ0v) is 23.1. The van der Waals surface area contributed by atoms with Crippen LogP contribution in [0.2, 0.25) is 10.0 Å². The summed E-state index contributed by atoms with van der Waals surface area (Å²) in [5.74, 6) is 0.0831. The van der Waals surface area contributed by atoms with Gasteiger partial charge in [-0.3, -0.25) is 9.59 Å². The minimum Gasteiger partial charge on any atom is -0.354 e. The van der Waals surface area contributed by atoms with Crippen LogP contribution >= 0.6 is 35.0 Å². The SMILES string of the molecule is CCCCNC(=O)C(Cc1ccccc1)N(Cc1ccc(Cl)c(Cl)c1)C(=O)CSCc1ccc(F)cc1. The molecular weight excluding hydrogens is 530 g/mol. The lowest BCUT2D eigenvalue weighted by Gasteiger charge is -2.31. The third-order valence-electron chi connectivity index (χ3n) is 5.85. The second kappa shape index (κ2) is 15.0. The molecule has 0 spiro atoms. The maximum Gasteiger partial charge on any atom is 0.243 e. The van der Waals surface area contributed by atoms with Crippen molar-refractivity contribution in [3.63, 3.8) is 0 Å². The minimum atomic E-state index is -0.701. The molecular formula is C29H31Cl2FN2O2S. The average molecular weight is 562 g/mol. The van der Waals surface area contributed by atoms with Gasteiger partial charge in [-0.15, -0.1) is 11.8 Å². The maximum atomic E-state index is 13.6. The van der Waals surface area contributed by atoms with E-state index in [1.54, 1.807) is 29.2 Å². The van der Waals surface area contributed by atoms with Crippen molar-refractivity contribution in [2.45, 2.75) is 44.5 Å². The number of thioether (sulfide) groups is 1. The van der Waals surface area contributed by atoms with E-state index >= 15 is 0 Å². The summed E-state index contributed by atoms with van der Waals surface area (Å²) in [6.45, 7) is 2.83. The Labute approximate surface area is 232 Å². The molecule has 3 aromatic carbocycles. The quantitative estimate of drug-likeness (QED) is 0.231. The Morgan fingerprint density at radius 1 is 0.946 bits per heavy atom. The summed E-state index contributed by atoms with van der Waals surface area (Å²) in [4.78, 5) is 28.7. The Balaban J connectivity index is 1.84. The van der Waals surface area contributed by atoms with Crippen LogP contribution in [-0.2, 0) is 28.3 Å². The van der Waals surface area contributed by atoms with Gasteiger partial charge in [-0.1, -0.05) is 85.1 Å². The first-order valence-electron chi connectivity index (χ1n) is 12.2. The van der Waals surface area contributed by atoms with Crippen molar-refractivity contribution in [1.29, 1.82) is 0 Å². The molecule has 1 unspecified atom stereocenters. The molecule has 37 heavy (non-hydrogen) atoms. The van der Waals surface area contributed by atoms with Crippen molar-refractivity contribution in [2.24, 2.45) is 0 Å². The Morgan fingerprint density at radius 2 is 1.65 bits per heavy atom. The average Bonchev–Trinajstić information content (AvgIpc) is 2.90. The zero-order valence-electron chi connectivity index (χ0n) is 20.8. The third kappa shape index (κ3) is 9.37. The predicted molar refractivity (Wildman–Crippen MR) is 151 cm³/mol. The molecule has 0 saturated heterocycles. The van der Waals surface area contributed by atoms with Gasteiger partial charge < -0.3 is 10.2 Å². The Bertz CT molecular complexity index is 1160. The second-order valence-corrected chi connectivity index (χ2v) is 10.5. The van der Waals surface area contributed by atoms with Crippen molar-refractivity contribution >= 4 is 46.8 Å². The molecule has 0 aliphatic carbocycles. The van der Waals surface area contributed by atoms with Gasteiger partial charge in [-0.05, 0) is 47.4 Å². The van der Waals surface area contributed by atoms with Crippen LogP contribution in [0.15, 0.2) is 72.8 Å². The summed E-state index contributed by atoms with van der Waals surface area (Å²) in [6.07, 6.45) is 2.20. The van der Waals surface area contributed by atoms with Crippen molar-refractivity contribution < 1.29 is 14.0 Å². The molecule has 8 heteroatoms. The second-order valence-electron chi connectivity index (χ2n) is 8.74. The summed E-state index contributed by atoms with van der Waals surface area (Å²) in [5.41, 5.74) is 2.67. The number of hydrogen-bond acceptors (Lipinski definition) is 3. The molecule has 1 N–H and O–H groups in total. The van der Waals surface area contributed by atoms with E-state index in [0.29, 0.717) is 28.8 Å². The highest BCUT2D eigenvalue weighted by Gasteiger charge is 2.30. The number of halogens is 3. The van der Waals surface area contributed by atoms with Gasteiger partial charge in [0.2, 0.25) is 11.8 Å². The molecule has 0 aromatic heterocycles. The molecule has 3 aromatic rings. The summed E-state index contributed by atoms with van der Waals surface area (Å²) in [5, 5.41) is 3.83. The fourth-order valence-corrected chi connectivity index (χ4v) is 5.01. The van der Waals surface area contributed by atoms with Crippen LogP contribution in [0, 0.1) is 5.82 Å². The van der Waals surface area contributed by atoms with E-state index in [-0.39, 0.29) is 29.9 Å². The number of nitrogens with zero attached hydrogens (tertiary/aromatic N) is 1. The number of amides is 2. The van der Waals surface area contributed by atoms with Crippen LogP contribution in [0.1, 0.15) is 36.5 Å². The van der Waals surface area contributed by atoms with E-state index in [0.717, 1.165) is 29.5 Å². The smallest absolute Gasteiger partial charge is 0.243 e. The molecule has 0 heterocycles. The molecule has 3 rings (SSSR count). The van der Waals surface area contributed by atoms with E-state index < -0.39 is 6.04 Å². The summed E-state index contributed by atoms with van der Waals surface area (Å²) < 4.78 is 13.2. The summed E-state index contributed by atoms with van der Waals surface area (Å²) in [6, 6.07) is 20.4. The van der Waals surface area contributed by atoms with Gasteiger partial charge in [-0.2, -0.15) is 0 Å². The molecule has 0 aliphatic rings. The fraction of sp³-hybridized carbons (Fsp3) is 0.310. The Hall–Kier alpha value is -2.54. The van der Waals surface area contributed by atoms with Gasteiger partial charge in [0.15, 0.2) is 0 Å². The molecule has 0 fully saturated rings. The van der Waals surface area contributed by atoms with Gasteiger partial charge in [0.25, 0.3) is 0 Å². The maximum absolute atomic E-state index is 13.6. The van der Waals surface area contributed by atoms with Crippen LogP contribution < -0.4 is 5.32 Å². The number of benzene rings is 3. The molecule has 196 valence electrons. The van der Waals surface area contributed by atoms with Crippen molar-refractivity contribution in [3.05, 3.63) is 105 Å². The standard InChI is InChI=1S/C29H31Cl2FN2O2S/c1-2-3-15-33-29(36)27(17-21-7-5-4-6-8-21)34(18-23-11-14-25(30)26(31)16-23)28(35)20-37-19-22-9-12-24(32)13-10-22/h4-14,16,27H,2-3,15,17-20H2,1H3,(H,33,36). The molecule has 0 aliphatic heterocycles. The minimum absolute atomic E-state index is 0.162. The monoisotopic (exact) mass is 560 g/mol. The summed E-state index contributed by atoms with van der Waals surface area (Å²) in [7, 11) is 0. The predicted octanol–water partition coefficient (Wildman–Crippen LogP) is 6.92. The van der Waals surface area contributed by atoms with Crippen LogP contribution in [0.4, 0.5) is 4.39 Å². The number of hydrogen-bond donors (Lipinski definition) is 1. The lowest BCUT2D eigenvalue weighted by Crippen LogP contribution is -2.51. The number of carbonyl (C=O) groups excluding carboxylic acids is 2. The molecule has 4 nitrogen and oxygen atoms in total. The number of nitrogens with one attached hydrogen (secondary N) is 1. The Morgan fingerprint density at radius 3 is 2.32 bits per heavy atom. The largest absolute Gasteiger partial charge is 0.354 e. The fourth-order valence-electron chi connectivity index (χ4n) is 3.81. The van der Waals surface area contributed by atoms with Gasteiger partial charge in [0, 0.05) is 25.3 Å². The number of carbonyl (C=O) groups is 2. The highest BCUT2D eigenvalue weighted by Crippen LogP contribution is 2.25. The zero-order chi connectivity index (χ0) is 26.6. The van der Waals surface area contributed by atoms with Crippen molar-refractivity contribution in [1.82, 2.24) is 10.2 Å². The third-order valence-corrected chi connectivity index (χ3v) is 7.57. The van der Waals surface area contributed by atoms with Gasteiger partial charge in [0.05, 0.1) is 15.8 Å². The van der Waals surface area contributed by atoms with Crippen LogP contribution in [0.25, 0.3) is 0 Å². The van der Waals surface area contributed by atoms with E-state index in [9.17, 15) is 14.0 Å². The first-order chi connectivity index (χ1) is 17.9. The molecule has 2 amide bonds. The number of unbranched alkanes of at least 4 members (excludes halogenated alkanes) is 1. The van der Waals surface area contributed by atoms with Gasteiger partial charge in [-0.25, -0.2) is 4.39 Å². The van der Waals surface area contributed by atoms with E-state index in [1.165, 1.54) is 23.9 Å². The first kappa shape index (κ1) is 29.0. The van der Waals surface area contributed by atoms with Crippen LogP contribution in [0.5, 0.6) is 0 Å². The van der Waals surface area contributed by atoms with E-state index in [4.69, 9.17) is 23.2 Å². The van der Waals surface area contributed by atoms with Gasteiger partial charge >= 0.3 is 0 Å². The molecule has 0 saturated carbocycles. The van der Waals surface area contributed by atoms with Crippen LogP contribution in [0.3, 0.4) is 0 Å². The number of rotatable bonds is 13. The van der Waals surface area contributed by atoms with E-state index in [1.807, 2.05) is 36.4 Å². The highest BCUT2D eigenvalue weighted by molar-refractivity contribution is 7.99. The van der Waals surface area contributed by atoms with Crippen LogP contribution in [-0.4, -0.2) is 35.1 Å². The normalized spacial score (nSPS) is 11.7. The lowest BCUT2D eigenvalue weighted by molar-refractivity contribution is -0.139. The highest BCUT2D eigenvalue weighted by atomic mass is 35.5. The van der Waals surface area contributed by atoms with Crippen molar-refractivity contribution in [3.8, 4) is 0 Å². The Kier molecular flexibility index (Phi) is 11.8. The van der Waals surface area contributed by atoms with E-state index in [2.05, 4.69) is 12.2 Å². The first-order valence-corrected chi connectivity index (χ1v) is 14.2. The van der Waals surface area contributed by atoms with Gasteiger partial charge in [0.1, 0.15) is 11.9 Å². The molecule has 1 atom stereocenters. The van der Waals surface area contributed by atoms with Crippen molar-refractivity contribution in [2.75, 3.05) is 12.3 Å².